The number of fused-ring (bicyclic) bond motifs is 1. The molecule has 0 aliphatic carbocycles. The number of rotatable bonds is 4. The molecule has 1 fully saturated rings. The fourth-order valence-corrected chi connectivity index (χ4v) is 3.87. The molecule has 0 amide bonds. The highest BCUT2D eigenvalue weighted by molar-refractivity contribution is 7.99. The Morgan fingerprint density at radius 1 is 1.50 bits per heavy atom. The van der Waals surface area contributed by atoms with Crippen LogP contribution < -0.4 is 0 Å². The minimum atomic E-state index is 0.796. The van der Waals surface area contributed by atoms with Crippen LogP contribution in [-0.2, 0) is 13.0 Å². The lowest BCUT2D eigenvalue weighted by molar-refractivity contribution is 0.485. The normalized spacial score (nSPS) is 19.7. The quantitative estimate of drug-likeness (QED) is 0.847. The summed E-state index contributed by atoms with van der Waals surface area (Å²) in [5.41, 5.74) is 2.12. The molecule has 0 aromatic carbocycles. The average Bonchev–Trinajstić information content (AvgIpc) is 3.00. The molecule has 1 atom stereocenters. The fourth-order valence-electron chi connectivity index (χ4n) is 2.60. The number of hydrogen-bond donors (Lipinski definition) is 0. The molecule has 1 saturated heterocycles. The molecule has 0 spiro atoms. The number of aromatic nitrogens is 3. The maximum atomic E-state index is 4.74. The number of aryl methyl sites for hydroxylation is 1. The van der Waals surface area contributed by atoms with E-state index in [1.54, 1.807) is 0 Å². The van der Waals surface area contributed by atoms with E-state index < -0.39 is 0 Å². The highest BCUT2D eigenvalue weighted by Crippen LogP contribution is 2.26. The first-order valence-corrected chi connectivity index (χ1v) is 7.92. The maximum absolute atomic E-state index is 4.74. The van der Waals surface area contributed by atoms with Gasteiger partial charge in [-0.1, -0.05) is 6.92 Å². The van der Waals surface area contributed by atoms with E-state index in [0.29, 0.717) is 0 Å². The van der Waals surface area contributed by atoms with Crippen molar-refractivity contribution in [3.05, 3.63) is 24.2 Å². The molecule has 3 nitrogen and oxygen atoms in total. The van der Waals surface area contributed by atoms with Crippen LogP contribution in [0.2, 0.25) is 0 Å². The van der Waals surface area contributed by atoms with Crippen molar-refractivity contribution in [1.82, 2.24) is 14.5 Å². The molecular formula is C14H19N3S. The molecule has 0 N–H and O–H groups in total. The Morgan fingerprint density at radius 2 is 2.44 bits per heavy atom. The lowest BCUT2D eigenvalue weighted by Crippen LogP contribution is -2.13. The van der Waals surface area contributed by atoms with Gasteiger partial charge in [-0.25, -0.2) is 9.97 Å². The van der Waals surface area contributed by atoms with Gasteiger partial charge >= 0.3 is 0 Å². The molecule has 0 bridgehead atoms. The van der Waals surface area contributed by atoms with E-state index in [4.69, 9.17) is 4.98 Å². The third-order valence-corrected chi connectivity index (χ3v) is 4.75. The smallest absolute Gasteiger partial charge is 0.159 e. The molecule has 2 aromatic rings. The van der Waals surface area contributed by atoms with Gasteiger partial charge in [-0.15, -0.1) is 0 Å². The van der Waals surface area contributed by atoms with Gasteiger partial charge in [0.2, 0.25) is 0 Å². The Balaban J connectivity index is 1.97. The van der Waals surface area contributed by atoms with Crippen LogP contribution in [0, 0.1) is 5.92 Å². The summed E-state index contributed by atoms with van der Waals surface area (Å²) in [5, 5.41) is 0. The van der Waals surface area contributed by atoms with Gasteiger partial charge < -0.3 is 4.57 Å². The van der Waals surface area contributed by atoms with Gasteiger partial charge in [-0.2, -0.15) is 11.8 Å². The number of thioether (sulfide) groups is 1. The highest BCUT2D eigenvalue weighted by Gasteiger charge is 2.19. The lowest BCUT2D eigenvalue weighted by Gasteiger charge is -2.12. The lowest BCUT2D eigenvalue weighted by atomic mass is 10.1. The Hall–Kier alpha value is -1.03. The van der Waals surface area contributed by atoms with Gasteiger partial charge in [0.25, 0.3) is 0 Å². The zero-order chi connectivity index (χ0) is 12.4. The zero-order valence-electron chi connectivity index (χ0n) is 10.8. The predicted octanol–water partition coefficient (Wildman–Crippen LogP) is 3.14. The first-order chi connectivity index (χ1) is 8.88. The third-order valence-electron chi connectivity index (χ3n) is 3.52. The summed E-state index contributed by atoms with van der Waals surface area (Å²) in [5.74, 6) is 4.61. The fraction of sp³-hybridized carbons (Fsp3) is 0.571. The third kappa shape index (κ3) is 2.26. The second-order valence-electron chi connectivity index (χ2n) is 4.96. The molecule has 96 valence electrons. The van der Waals surface area contributed by atoms with Crippen LogP contribution in [0.4, 0.5) is 0 Å². The average molecular weight is 261 g/mol. The van der Waals surface area contributed by atoms with Crippen molar-refractivity contribution in [2.75, 3.05) is 11.5 Å². The van der Waals surface area contributed by atoms with Gasteiger partial charge in [0.1, 0.15) is 11.3 Å². The van der Waals surface area contributed by atoms with Crippen molar-refractivity contribution < 1.29 is 0 Å². The van der Waals surface area contributed by atoms with E-state index in [2.05, 4.69) is 34.3 Å². The summed E-state index contributed by atoms with van der Waals surface area (Å²) >= 11 is 2.07. The summed E-state index contributed by atoms with van der Waals surface area (Å²) < 4.78 is 2.36. The largest absolute Gasteiger partial charge is 0.312 e. The molecular weight excluding hydrogens is 242 g/mol. The number of hydrogen-bond acceptors (Lipinski definition) is 3. The Bertz CT molecular complexity index is 529. The molecule has 3 rings (SSSR count). The molecule has 1 unspecified atom stereocenters. The number of pyridine rings is 1. The molecule has 4 heteroatoms. The summed E-state index contributed by atoms with van der Waals surface area (Å²) in [7, 11) is 0. The highest BCUT2D eigenvalue weighted by atomic mass is 32.2. The van der Waals surface area contributed by atoms with E-state index >= 15 is 0 Å². The van der Waals surface area contributed by atoms with E-state index in [-0.39, 0.29) is 0 Å². The monoisotopic (exact) mass is 261 g/mol. The van der Waals surface area contributed by atoms with Crippen LogP contribution in [0.25, 0.3) is 11.2 Å². The van der Waals surface area contributed by atoms with E-state index in [1.807, 2.05) is 12.3 Å². The predicted molar refractivity (Wildman–Crippen MR) is 77.0 cm³/mol. The van der Waals surface area contributed by atoms with Crippen molar-refractivity contribution in [2.24, 2.45) is 5.92 Å². The van der Waals surface area contributed by atoms with Crippen LogP contribution in [-0.4, -0.2) is 26.0 Å². The van der Waals surface area contributed by atoms with Crippen molar-refractivity contribution in [3.8, 4) is 0 Å². The molecule has 0 radical (unpaired) electrons. The maximum Gasteiger partial charge on any atom is 0.159 e. The van der Waals surface area contributed by atoms with Gasteiger partial charge in [0.15, 0.2) is 5.65 Å². The topological polar surface area (TPSA) is 30.7 Å². The van der Waals surface area contributed by atoms with E-state index in [9.17, 15) is 0 Å². The second-order valence-corrected chi connectivity index (χ2v) is 6.11. The van der Waals surface area contributed by atoms with Crippen molar-refractivity contribution in [1.29, 1.82) is 0 Å². The molecule has 2 aromatic heterocycles. The van der Waals surface area contributed by atoms with Crippen LogP contribution in [0.3, 0.4) is 0 Å². The molecule has 1 aliphatic rings. The van der Waals surface area contributed by atoms with E-state index in [0.717, 1.165) is 36.5 Å². The standard InChI is InChI=1S/C14H19N3S/c1-2-4-13-16-12-5-3-7-15-14(12)17(13)9-11-6-8-18-10-11/h3,5,7,11H,2,4,6,8-10H2,1H3. The minimum absolute atomic E-state index is 0.796. The Kier molecular flexibility index (Phi) is 3.55. The van der Waals surface area contributed by atoms with Gasteiger partial charge in [0, 0.05) is 19.2 Å². The van der Waals surface area contributed by atoms with Crippen LogP contribution in [0.1, 0.15) is 25.6 Å². The van der Waals surface area contributed by atoms with Gasteiger partial charge in [0.05, 0.1) is 0 Å². The Morgan fingerprint density at radius 3 is 3.22 bits per heavy atom. The summed E-state index contributed by atoms with van der Waals surface area (Å²) in [6, 6.07) is 4.04. The zero-order valence-corrected chi connectivity index (χ0v) is 11.6. The second kappa shape index (κ2) is 5.31. The van der Waals surface area contributed by atoms with Crippen molar-refractivity contribution >= 4 is 22.9 Å². The van der Waals surface area contributed by atoms with Crippen LogP contribution >= 0.6 is 11.8 Å². The minimum Gasteiger partial charge on any atom is -0.312 e. The van der Waals surface area contributed by atoms with Gasteiger partial charge in [-0.3, -0.25) is 0 Å². The molecule has 18 heavy (non-hydrogen) atoms. The molecule has 0 saturated carbocycles. The first kappa shape index (κ1) is 12.0. The molecule has 1 aliphatic heterocycles. The van der Waals surface area contributed by atoms with E-state index in [1.165, 1.54) is 23.8 Å². The van der Waals surface area contributed by atoms with Crippen LogP contribution in [0.15, 0.2) is 18.3 Å². The van der Waals surface area contributed by atoms with Gasteiger partial charge in [-0.05, 0) is 42.4 Å². The number of nitrogens with zero attached hydrogens (tertiary/aromatic N) is 3. The summed E-state index contributed by atoms with van der Waals surface area (Å²) in [4.78, 5) is 9.26. The number of imidazole rings is 1. The van der Waals surface area contributed by atoms with Crippen molar-refractivity contribution in [2.45, 2.75) is 32.7 Å². The molecule has 3 heterocycles. The summed E-state index contributed by atoms with van der Waals surface area (Å²) in [6.45, 7) is 3.30. The Labute approximate surface area is 112 Å². The summed E-state index contributed by atoms with van der Waals surface area (Å²) in [6.07, 6.45) is 5.40. The SMILES string of the molecule is CCCc1nc2cccnc2n1CC1CCSC1. The van der Waals surface area contributed by atoms with Crippen molar-refractivity contribution in [3.63, 3.8) is 0 Å². The first-order valence-electron chi connectivity index (χ1n) is 6.76. The van der Waals surface area contributed by atoms with Crippen LogP contribution in [0.5, 0.6) is 0 Å².